The predicted molar refractivity (Wildman–Crippen MR) is 92.5 cm³/mol. The molecule has 0 unspecified atom stereocenters. The van der Waals surface area contributed by atoms with Crippen molar-refractivity contribution in [3.8, 4) is 5.75 Å². The molecule has 1 amide bonds. The summed E-state index contributed by atoms with van der Waals surface area (Å²) in [6.07, 6.45) is 3.47. The van der Waals surface area contributed by atoms with E-state index in [4.69, 9.17) is 9.26 Å². The maximum absolute atomic E-state index is 12.5. The van der Waals surface area contributed by atoms with Crippen molar-refractivity contribution >= 4 is 5.91 Å². The Morgan fingerprint density at radius 1 is 1.32 bits per heavy atom. The zero-order chi connectivity index (χ0) is 17.9. The first-order chi connectivity index (χ1) is 12.0. The third-order valence-corrected chi connectivity index (χ3v) is 4.80. The fourth-order valence-electron chi connectivity index (χ4n) is 3.19. The van der Waals surface area contributed by atoms with Crippen molar-refractivity contribution < 1.29 is 19.2 Å². The number of hydrogen-bond acceptors (Lipinski definition) is 5. The number of aliphatic hydroxyl groups is 1. The van der Waals surface area contributed by atoms with Crippen LogP contribution in [0.2, 0.25) is 0 Å². The number of nitrogens with one attached hydrogen (secondary N) is 1. The first-order valence-electron chi connectivity index (χ1n) is 8.63. The van der Waals surface area contributed by atoms with Crippen molar-refractivity contribution in [1.29, 1.82) is 0 Å². The number of ether oxygens (including phenoxy) is 1. The van der Waals surface area contributed by atoms with Crippen LogP contribution in [0.5, 0.6) is 5.75 Å². The van der Waals surface area contributed by atoms with Gasteiger partial charge in [0, 0.05) is 6.54 Å². The van der Waals surface area contributed by atoms with Crippen molar-refractivity contribution in [1.82, 2.24) is 10.5 Å². The first kappa shape index (κ1) is 17.5. The molecule has 0 aliphatic heterocycles. The van der Waals surface area contributed by atoms with E-state index in [1.807, 2.05) is 19.9 Å². The molecule has 1 aliphatic carbocycles. The molecule has 6 nitrogen and oxygen atoms in total. The molecule has 134 valence electrons. The summed E-state index contributed by atoms with van der Waals surface area (Å²) in [6, 6.07) is 7.10. The maximum atomic E-state index is 12.5. The smallest absolute Gasteiger partial charge is 0.255 e. The van der Waals surface area contributed by atoms with E-state index in [0.717, 1.165) is 36.9 Å². The molecule has 1 aliphatic rings. The number of carbonyl (C=O) groups excluding carboxylic acids is 1. The summed E-state index contributed by atoms with van der Waals surface area (Å²) in [6.45, 7) is 4.25. The average molecular weight is 344 g/mol. The van der Waals surface area contributed by atoms with Crippen LogP contribution in [0.3, 0.4) is 0 Å². The fourth-order valence-corrected chi connectivity index (χ4v) is 3.19. The molecule has 3 rings (SSSR count). The van der Waals surface area contributed by atoms with Crippen LogP contribution in [-0.2, 0) is 6.61 Å². The van der Waals surface area contributed by atoms with Crippen molar-refractivity contribution in [2.24, 2.45) is 0 Å². The van der Waals surface area contributed by atoms with Crippen molar-refractivity contribution in [3.05, 3.63) is 46.8 Å². The molecule has 1 saturated carbocycles. The quantitative estimate of drug-likeness (QED) is 0.842. The zero-order valence-electron chi connectivity index (χ0n) is 14.7. The molecule has 0 radical (unpaired) electrons. The largest absolute Gasteiger partial charge is 0.488 e. The van der Waals surface area contributed by atoms with Gasteiger partial charge in [-0.05, 0) is 38.8 Å². The van der Waals surface area contributed by atoms with E-state index in [2.05, 4.69) is 10.5 Å². The van der Waals surface area contributed by atoms with Crippen molar-refractivity contribution in [3.63, 3.8) is 0 Å². The van der Waals surface area contributed by atoms with Crippen LogP contribution >= 0.6 is 0 Å². The SMILES string of the molecule is Cc1noc(C)c1COc1ccccc1C(=O)NCC1(O)CCCC1. The molecule has 2 N–H and O–H groups in total. The van der Waals surface area contributed by atoms with Crippen LogP contribution in [0.25, 0.3) is 0 Å². The molecule has 1 aromatic carbocycles. The second kappa shape index (κ2) is 7.27. The Morgan fingerprint density at radius 3 is 2.72 bits per heavy atom. The number of aryl methyl sites for hydroxylation is 2. The standard InChI is InChI=1S/C19H24N2O4/c1-13-16(14(2)25-21-13)11-24-17-8-4-3-7-15(17)18(22)20-12-19(23)9-5-6-10-19/h3-4,7-8,23H,5-6,9-12H2,1-2H3,(H,20,22). The van der Waals surface area contributed by atoms with Gasteiger partial charge in [-0.1, -0.05) is 30.1 Å². The van der Waals surface area contributed by atoms with Crippen LogP contribution in [0, 0.1) is 13.8 Å². The Kier molecular flexibility index (Phi) is 5.08. The molecular weight excluding hydrogens is 320 g/mol. The zero-order valence-corrected chi connectivity index (χ0v) is 14.7. The van der Waals surface area contributed by atoms with E-state index >= 15 is 0 Å². The lowest BCUT2D eigenvalue weighted by molar-refractivity contribution is 0.0449. The number of benzene rings is 1. The summed E-state index contributed by atoms with van der Waals surface area (Å²) in [4.78, 5) is 12.5. The highest BCUT2D eigenvalue weighted by molar-refractivity contribution is 5.96. The monoisotopic (exact) mass is 344 g/mol. The number of aromatic nitrogens is 1. The summed E-state index contributed by atoms with van der Waals surface area (Å²) < 4.78 is 11.0. The number of nitrogens with zero attached hydrogens (tertiary/aromatic N) is 1. The third kappa shape index (κ3) is 4.02. The molecule has 2 aromatic rings. The van der Waals surface area contributed by atoms with E-state index in [0.29, 0.717) is 17.1 Å². The average Bonchev–Trinajstić information content (AvgIpc) is 3.18. The molecule has 6 heteroatoms. The fraction of sp³-hybridized carbons (Fsp3) is 0.474. The van der Waals surface area contributed by atoms with Crippen LogP contribution in [0.15, 0.2) is 28.8 Å². The van der Waals surface area contributed by atoms with Crippen LogP contribution < -0.4 is 10.1 Å². The number of rotatable bonds is 6. The van der Waals surface area contributed by atoms with Crippen molar-refractivity contribution in [2.45, 2.75) is 51.7 Å². The lowest BCUT2D eigenvalue weighted by atomic mass is 10.0. The minimum atomic E-state index is -0.776. The van der Waals surface area contributed by atoms with Gasteiger partial charge in [0.05, 0.1) is 22.4 Å². The molecular formula is C19H24N2O4. The molecule has 25 heavy (non-hydrogen) atoms. The minimum absolute atomic E-state index is 0.241. The molecule has 1 fully saturated rings. The lowest BCUT2D eigenvalue weighted by Gasteiger charge is -2.22. The third-order valence-electron chi connectivity index (χ3n) is 4.80. The molecule has 0 bridgehead atoms. The summed E-state index contributed by atoms with van der Waals surface area (Å²) >= 11 is 0. The van der Waals surface area contributed by atoms with Crippen LogP contribution in [-0.4, -0.2) is 28.3 Å². The lowest BCUT2D eigenvalue weighted by Crippen LogP contribution is -2.40. The van der Waals surface area contributed by atoms with Gasteiger partial charge in [-0.2, -0.15) is 0 Å². The van der Waals surface area contributed by atoms with Gasteiger partial charge in [0.25, 0.3) is 5.91 Å². The first-order valence-corrected chi connectivity index (χ1v) is 8.63. The highest BCUT2D eigenvalue weighted by Crippen LogP contribution is 2.29. The highest BCUT2D eigenvalue weighted by Gasteiger charge is 2.31. The van der Waals surface area contributed by atoms with Gasteiger partial charge in [-0.3, -0.25) is 4.79 Å². The Hall–Kier alpha value is -2.34. The van der Waals surface area contributed by atoms with Gasteiger partial charge in [-0.25, -0.2) is 0 Å². The van der Waals surface area contributed by atoms with E-state index in [1.165, 1.54) is 0 Å². The van der Waals surface area contributed by atoms with Crippen LogP contribution in [0.1, 0.15) is 53.1 Å². The number of carbonyl (C=O) groups is 1. The van der Waals surface area contributed by atoms with Gasteiger partial charge in [-0.15, -0.1) is 0 Å². The molecule has 1 heterocycles. The summed E-state index contributed by atoms with van der Waals surface area (Å²) in [5.74, 6) is 0.969. The maximum Gasteiger partial charge on any atom is 0.255 e. The van der Waals surface area contributed by atoms with Crippen molar-refractivity contribution in [2.75, 3.05) is 6.54 Å². The molecule has 1 aromatic heterocycles. The van der Waals surface area contributed by atoms with Gasteiger partial charge < -0.3 is 19.7 Å². The number of hydrogen-bond donors (Lipinski definition) is 2. The Morgan fingerprint density at radius 2 is 2.04 bits per heavy atom. The predicted octanol–water partition coefficient (Wildman–Crippen LogP) is 2.91. The Labute approximate surface area is 147 Å². The topological polar surface area (TPSA) is 84.6 Å². The van der Waals surface area contributed by atoms with Gasteiger partial charge >= 0.3 is 0 Å². The second-order valence-electron chi connectivity index (χ2n) is 6.70. The molecule has 0 spiro atoms. The Bertz CT molecular complexity index is 728. The van der Waals surface area contributed by atoms with E-state index < -0.39 is 5.60 Å². The normalized spacial score (nSPS) is 16.0. The summed E-state index contributed by atoms with van der Waals surface area (Å²) in [5, 5.41) is 17.1. The minimum Gasteiger partial charge on any atom is -0.488 e. The second-order valence-corrected chi connectivity index (χ2v) is 6.70. The molecule has 0 atom stereocenters. The summed E-state index contributed by atoms with van der Waals surface area (Å²) in [7, 11) is 0. The van der Waals surface area contributed by atoms with Gasteiger partial charge in [0.15, 0.2) is 0 Å². The van der Waals surface area contributed by atoms with Crippen LogP contribution in [0.4, 0.5) is 0 Å². The van der Waals surface area contributed by atoms with E-state index in [9.17, 15) is 9.90 Å². The number of amides is 1. The van der Waals surface area contributed by atoms with Gasteiger partial charge in [0.1, 0.15) is 18.1 Å². The van der Waals surface area contributed by atoms with E-state index in [1.54, 1.807) is 18.2 Å². The van der Waals surface area contributed by atoms with E-state index in [-0.39, 0.29) is 19.1 Å². The molecule has 0 saturated heterocycles. The van der Waals surface area contributed by atoms with Gasteiger partial charge in [0.2, 0.25) is 0 Å². The summed E-state index contributed by atoms with van der Waals surface area (Å²) in [5.41, 5.74) is 1.34. The Balaban J connectivity index is 1.66. The highest BCUT2D eigenvalue weighted by atomic mass is 16.5. The number of para-hydroxylation sites is 1.